The quantitative estimate of drug-likeness (QED) is 0.744. The zero-order valence-electron chi connectivity index (χ0n) is 15.4. The first-order chi connectivity index (χ1) is 13.7. The van der Waals surface area contributed by atoms with Crippen LogP contribution in [0.2, 0.25) is 0 Å². The van der Waals surface area contributed by atoms with Gasteiger partial charge in [0.1, 0.15) is 5.82 Å². The molecule has 2 aliphatic rings. The highest BCUT2D eigenvalue weighted by atomic mass is 19.1. The van der Waals surface area contributed by atoms with Crippen LogP contribution in [0.25, 0.3) is 10.8 Å². The molecule has 1 aliphatic heterocycles. The van der Waals surface area contributed by atoms with Crippen LogP contribution in [0, 0.1) is 5.82 Å². The first-order valence-corrected chi connectivity index (χ1v) is 9.70. The van der Waals surface area contributed by atoms with Gasteiger partial charge in [0.2, 0.25) is 0 Å². The van der Waals surface area contributed by atoms with Crippen molar-refractivity contribution in [3.05, 3.63) is 71.3 Å². The molecule has 1 aliphatic carbocycles. The van der Waals surface area contributed by atoms with Gasteiger partial charge in [-0.25, -0.2) is 4.39 Å². The molecule has 1 amide bonds. The Balaban J connectivity index is 1.35. The molecular formula is C22H21FN4O. The number of carbonyl (C=O) groups excluding carboxylic acids is 1. The third-order valence-electron chi connectivity index (χ3n) is 5.50. The van der Waals surface area contributed by atoms with E-state index in [1.165, 1.54) is 18.9 Å². The number of amides is 1. The lowest BCUT2D eigenvalue weighted by atomic mass is 10.0. The van der Waals surface area contributed by atoms with Crippen molar-refractivity contribution in [1.82, 2.24) is 20.4 Å². The number of aromatic nitrogens is 2. The van der Waals surface area contributed by atoms with Crippen LogP contribution >= 0.6 is 0 Å². The number of nitrogens with one attached hydrogen (secondary N) is 1. The van der Waals surface area contributed by atoms with E-state index in [1.54, 1.807) is 23.2 Å². The van der Waals surface area contributed by atoms with Crippen LogP contribution in [0.1, 0.15) is 34.5 Å². The van der Waals surface area contributed by atoms with Gasteiger partial charge in [-0.1, -0.05) is 30.3 Å². The standard InChI is InChI=1S/C22H21FN4O/c23-20-8-5-14(10-21-18-4-2-1-3-15(18)11-24-26-21)9-19(20)22(28)27-12-17(13-27)25-16-6-7-16/h1-5,8-9,11,16-17,25H,6-7,10,12-13H2. The Morgan fingerprint density at radius 3 is 2.79 bits per heavy atom. The normalized spacial score (nSPS) is 17.0. The number of likely N-dealkylation sites (tertiary alicyclic amines) is 1. The lowest BCUT2D eigenvalue weighted by molar-refractivity contribution is 0.0560. The average Bonchev–Trinajstić information content (AvgIpc) is 3.50. The average molecular weight is 376 g/mol. The first kappa shape index (κ1) is 17.3. The Kier molecular flexibility index (Phi) is 4.28. The van der Waals surface area contributed by atoms with Gasteiger partial charge < -0.3 is 10.2 Å². The molecule has 5 rings (SSSR count). The van der Waals surface area contributed by atoms with Crippen LogP contribution in [0.4, 0.5) is 4.39 Å². The third kappa shape index (κ3) is 3.36. The van der Waals surface area contributed by atoms with Crippen molar-refractivity contribution in [2.75, 3.05) is 13.1 Å². The number of hydrogen-bond acceptors (Lipinski definition) is 4. The second-order valence-electron chi connectivity index (χ2n) is 7.72. The minimum absolute atomic E-state index is 0.135. The molecule has 2 aromatic carbocycles. The highest BCUT2D eigenvalue weighted by molar-refractivity contribution is 5.95. The molecule has 0 bridgehead atoms. The summed E-state index contributed by atoms with van der Waals surface area (Å²) < 4.78 is 14.4. The Hall–Kier alpha value is -2.86. The van der Waals surface area contributed by atoms with Crippen molar-refractivity contribution in [2.45, 2.75) is 31.3 Å². The van der Waals surface area contributed by atoms with Crippen LogP contribution in [0.5, 0.6) is 0 Å². The second kappa shape index (κ2) is 6.95. The Labute approximate surface area is 162 Å². The van der Waals surface area contributed by atoms with Gasteiger partial charge >= 0.3 is 0 Å². The summed E-state index contributed by atoms with van der Waals surface area (Å²) in [7, 11) is 0. The molecule has 1 N–H and O–H groups in total. The largest absolute Gasteiger partial charge is 0.335 e. The maximum Gasteiger partial charge on any atom is 0.256 e. The van der Waals surface area contributed by atoms with Gasteiger partial charge in [0.05, 0.1) is 17.5 Å². The summed E-state index contributed by atoms with van der Waals surface area (Å²) in [5.74, 6) is -0.714. The van der Waals surface area contributed by atoms with Gasteiger partial charge in [0.25, 0.3) is 5.91 Å². The van der Waals surface area contributed by atoms with Gasteiger partial charge in [-0.15, -0.1) is 0 Å². The smallest absolute Gasteiger partial charge is 0.256 e. The van der Waals surface area contributed by atoms with E-state index in [2.05, 4.69) is 15.5 Å². The number of halogens is 1. The molecule has 0 radical (unpaired) electrons. The zero-order chi connectivity index (χ0) is 19.1. The molecular weight excluding hydrogens is 355 g/mol. The fraction of sp³-hybridized carbons (Fsp3) is 0.318. The van der Waals surface area contributed by atoms with Crippen molar-refractivity contribution < 1.29 is 9.18 Å². The Morgan fingerprint density at radius 1 is 1.14 bits per heavy atom. The number of carbonyl (C=O) groups is 1. The SMILES string of the molecule is O=C(c1cc(Cc2nncc3ccccc23)ccc1F)N1CC(NC2CC2)C1. The molecule has 5 nitrogen and oxygen atoms in total. The van der Waals surface area contributed by atoms with Gasteiger partial charge in [0, 0.05) is 42.4 Å². The number of nitrogens with zero attached hydrogens (tertiary/aromatic N) is 3. The van der Waals surface area contributed by atoms with Crippen LogP contribution in [0.3, 0.4) is 0 Å². The van der Waals surface area contributed by atoms with Crippen molar-refractivity contribution in [3.8, 4) is 0 Å². The van der Waals surface area contributed by atoms with Crippen molar-refractivity contribution in [2.24, 2.45) is 0 Å². The molecule has 1 saturated heterocycles. The second-order valence-corrected chi connectivity index (χ2v) is 7.72. The molecule has 0 unspecified atom stereocenters. The van der Waals surface area contributed by atoms with Gasteiger partial charge in [-0.05, 0) is 30.5 Å². The maximum atomic E-state index is 14.4. The highest BCUT2D eigenvalue weighted by Gasteiger charge is 2.35. The summed E-state index contributed by atoms with van der Waals surface area (Å²) in [5, 5.41) is 13.9. The van der Waals surface area contributed by atoms with Gasteiger partial charge in [0.15, 0.2) is 0 Å². The fourth-order valence-corrected chi connectivity index (χ4v) is 3.76. The molecule has 142 valence electrons. The lowest BCUT2D eigenvalue weighted by Gasteiger charge is -2.40. The lowest BCUT2D eigenvalue weighted by Crippen LogP contribution is -2.60. The first-order valence-electron chi connectivity index (χ1n) is 9.70. The molecule has 2 heterocycles. The van der Waals surface area contributed by atoms with Crippen LogP contribution in [0.15, 0.2) is 48.7 Å². The third-order valence-corrected chi connectivity index (χ3v) is 5.50. The van der Waals surface area contributed by atoms with Crippen LogP contribution in [-0.2, 0) is 6.42 Å². The number of hydrogen-bond donors (Lipinski definition) is 1. The van der Waals surface area contributed by atoms with E-state index in [1.807, 2.05) is 24.3 Å². The molecule has 6 heteroatoms. The predicted octanol–water partition coefficient (Wildman–Crippen LogP) is 2.94. The minimum atomic E-state index is -0.476. The zero-order valence-corrected chi connectivity index (χ0v) is 15.4. The fourth-order valence-electron chi connectivity index (χ4n) is 3.76. The monoisotopic (exact) mass is 376 g/mol. The Bertz CT molecular complexity index is 1040. The Morgan fingerprint density at radius 2 is 1.96 bits per heavy atom. The van der Waals surface area contributed by atoms with E-state index in [4.69, 9.17) is 0 Å². The van der Waals surface area contributed by atoms with Gasteiger partial charge in [-0.3, -0.25) is 4.79 Å². The van der Waals surface area contributed by atoms with E-state index >= 15 is 0 Å². The molecule has 1 aromatic heterocycles. The molecule has 28 heavy (non-hydrogen) atoms. The van der Waals surface area contributed by atoms with E-state index in [-0.39, 0.29) is 11.5 Å². The van der Waals surface area contributed by atoms with E-state index in [0.29, 0.717) is 31.6 Å². The molecule has 3 aromatic rings. The summed E-state index contributed by atoms with van der Waals surface area (Å²) in [6.45, 7) is 1.29. The summed E-state index contributed by atoms with van der Waals surface area (Å²) in [6, 6.07) is 13.6. The number of rotatable bonds is 5. The van der Waals surface area contributed by atoms with Crippen molar-refractivity contribution in [3.63, 3.8) is 0 Å². The van der Waals surface area contributed by atoms with E-state index in [9.17, 15) is 9.18 Å². The van der Waals surface area contributed by atoms with Crippen LogP contribution < -0.4 is 5.32 Å². The topological polar surface area (TPSA) is 58.1 Å². The maximum absolute atomic E-state index is 14.4. The number of fused-ring (bicyclic) bond motifs is 1. The predicted molar refractivity (Wildman–Crippen MR) is 105 cm³/mol. The van der Waals surface area contributed by atoms with Crippen molar-refractivity contribution >= 4 is 16.7 Å². The number of benzene rings is 2. The van der Waals surface area contributed by atoms with Crippen molar-refractivity contribution in [1.29, 1.82) is 0 Å². The molecule has 2 fully saturated rings. The minimum Gasteiger partial charge on any atom is -0.335 e. The van der Waals surface area contributed by atoms with Crippen LogP contribution in [-0.4, -0.2) is 46.2 Å². The summed E-state index contributed by atoms with van der Waals surface area (Å²) in [5.41, 5.74) is 1.81. The van der Waals surface area contributed by atoms with E-state index < -0.39 is 5.82 Å². The van der Waals surface area contributed by atoms with E-state index in [0.717, 1.165) is 22.0 Å². The molecule has 0 atom stereocenters. The molecule has 1 saturated carbocycles. The molecule has 0 spiro atoms. The summed E-state index contributed by atoms with van der Waals surface area (Å²) >= 11 is 0. The summed E-state index contributed by atoms with van der Waals surface area (Å²) in [4.78, 5) is 14.5. The summed E-state index contributed by atoms with van der Waals surface area (Å²) in [6.07, 6.45) is 4.67. The van der Waals surface area contributed by atoms with Gasteiger partial charge in [-0.2, -0.15) is 10.2 Å². The highest BCUT2D eigenvalue weighted by Crippen LogP contribution is 2.24.